The third-order valence-electron chi connectivity index (χ3n) is 6.41. The second-order valence-corrected chi connectivity index (χ2v) is 10.5. The minimum Gasteiger partial charge on any atom is -0.468 e. The normalized spacial score (nSPS) is 11.5. The molecule has 1 aromatic heterocycles. The summed E-state index contributed by atoms with van der Waals surface area (Å²) >= 11 is 18.8. The number of esters is 1. The lowest BCUT2D eigenvalue weighted by Crippen LogP contribution is -2.48. The summed E-state index contributed by atoms with van der Waals surface area (Å²) in [6.07, 6.45) is 0.802. The summed E-state index contributed by atoms with van der Waals surface area (Å²) in [5.41, 5.74) is 3.54. The van der Waals surface area contributed by atoms with Gasteiger partial charge in [0.2, 0.25) is 5.91 Å². The minimum absolute atomic E-state index is 0.103. The van der Waals surface area contributed by atoms with Crippen molar-refractivity contribution in [2.75, 3.05) is 13.7 Å². The number of rotatable bonds is 10. The second kappa shape index (κ2) is 13.7. The zero-order valence-electron chi connectivity index (χ0n) is 22.3. The van der Waals surface area contributed by atoms with Crippen LogP contribution in [0.1, 0.15) is 28.0 Å². The molecule has 1 unspecified atom stereocenters. The molecule has 2 N–H and O–H groups in total. The number of ether oxygens (including phenoxy) is 1. The fourth-order valence-electron chi connectivity index (χ4n) is 4.29. The third kappa shape index (κ3) is 7.47. The Hall–Kier alpha value is -3.85. The van der Waals surface area contributed by atoms with Crippen LogP contribution in [0.15, 0.2) is 72.8 Å². The Bertz CT molecular complexity index is 1560. The highest BCUT2D eigenvalue weighted by Crippen LogP contribution is 2.33. The fraction of sp³-hybridized carbons (Fsp3) is 0.200. The highest BCUT2D eigenvalue weighted by atomic mass is 35.5. The molecular formula is C30H27Cl3N4O4. The van der Waals surface area contributed by atoms with Crippen molar-refractivity contribution in [1.82, 2.24) is 20.4 Å². The van der Waals surface area contributed by atoms with Crippen LogP contribution >= 0.6 is 34.8 Å². The molecule has 1 heterocycles. The van der Waals surface area contributed by atoms with E-state index in [0.717, 1.165) is 11.1 Å². The standard InChI is InChI=1S/C30H27Cl3N4O4/c1-18-27(30(40)35-24(29(39)34-17-26(38)41-2)14-8-19-6-4-3-5-7-19)36-37(25-15-13-22(32)16-23(25)33)28(18)20-9-11-21(31)12-10-20/h3-7,9-13,15-16,24H,8,14,17H2,1-2H3,(H,34,39)(H,35,40). The van der Waals surface area contributed by atoms with Gasteiger partial charge in [-0.15, -0.1) is 0 Å². The van der Waals surface area contributed by atoms with E-state index in [1.165, 1.54) is 7.11 Å². The van der Waals surface area contributed by atoms with Gasteiger partial charge in [0.1, 0.15) is 12.6 Å². The van der Waals surface area contributed by atoms with Crippen LogP contribution in [0.25, 0.3) is 16.9 Å². The number of hydrogen-bond donors (Lipinski definition) is 2. The lowest BCUT2D eigenvalue weighted by molar-refractivity contribution is -0.141. The van der Waals surface area contributed by atoms with Crippen molar-refractivity contribution in [1.29, 1.82) is 0 Å². The van der Waals surface area contributed by atoms with Crippen LogP contribution in [0.2, 0.25) is 15.1 Å². The molecule has 41 heavy (non-hydrogen) atoms. The Morgan fingerprint density at radius 2 is 1.63 bits per heavy atom. The highest BCUT2D eigenvalue weighted by Gasteiger charge is 2.27. The maximum Gasteiger partial charge on any atom is 0.325 e. The van der Waals surface area contributed by atoms with Gasteiger partial charge in [-0.25, -0.2) is 4.68 Å². The number of aromatic nitrogens is 2. The Kier molecular flexibility index (Phi) is 10.0. The van der Waals surface area contributed by atoms with E-state index in [4.69, 9.17) is 34.8 Å². The fourth-order valence-corrected chi connectivity index (χ4v) is 4.91. The molecule has 3 aromatic carbocycles. The number of amides is 2. The SMILES string of the molecule is COC(=O)CNC(=O)C(CCc1ccccc1)NC(=O)c1nn(-c2ccc(Cl)cc2Cl)c(-c2ccc(Cl)cc2)c1C. The van der Waals surface area contributed by atoms with E-state index in [0.29, 0.717) is 38.4 Å². The van der Waals surface area contributed by atoms with Gasteiger partial charge in [-0.2, -0.15) is 5.10 Å². The molecule has 0 saturated heterocycles. The van der Waals surface area contributed by atoms with Crippen molar-refractivity contribution in [2.45, 2.75) is 25.8 Å². The van der Waals surface area contributed by atoms with Crippen molar-refractivity contribution in [3.8, 4) is 16.9 Å². The molecule has 0 aliphatic heterocycles. The molecule has 4 rings (SSSR count). The quantitative estimate of drug-likeness (QED) is 0.219. The zero-order chi connectivity index (χ0) is 29.5. The van der Waals surface area contributed by atoms with Gasteiger partial charge in [0.15, 0.2) is 5.69 Å². The maximum absolute atomic E-state index is 13.7. The van der Waals surface area contributed by atoms with E-state index < -0.39 is 23.8 Å². The van der Waals surface area contributed by atoms with Gasteiger partial charge in [-0.05, 0) is 55.7 Å². The summed E-state index contributed by atoms with van der Waals surface area (Å²) in [7, 11) is 1.23. The van der Waals surface area contributed by atoms with E-state index in [2.05, 4.69) is 20.5 Å². The predicted octanol–water partition coefficient (Wildman–Crippen LogP) is 5.83. The number of nitrogens with one attached hydrogen (secondary N) is 2. The van der Waals surface area contributed by atoms with Crippen molar-refractivity contribution >= 4 is 52.6 Å². The number of carbonyl (C=O) groups is 3. The van der Waals surface area contributed by atoms with Gasteiger partial charge >= 0.3 is 5.97 Å². The average Bonchev–Trinajstić information content (AvgIpc) is 3.31. The molecule has 0 spiro atoms. The molecule has 2 amide bonds. The van der Waals surface area contributed by atoms with Crippen LogP contribution in [0.4, 0.5) is 0 Å². The van der Waals surface area contributed by atoms with Gasteiger partial charge < -0.3 is 15.4 Å². The molecule has 0 saturated carbocycles. The number of aryl methyl sites for hydroxylation is 1. The van der Waals surface area contributed by atoms with Crippen LogP contribution in [-0.4, -0.2) is 47.3 Å². The summed E-state index contributed by atoms with van der Waals surface area (Å²) < 4.78 is 6.19. The second-order valence-electron chi connectivity index (χ2n) is 9.18. The molecule has 8 nitrogen and oxygen atoms in total. The molecule has 0 aliphatic carbocycles. The highest BCUT2D eigenvalue weighted by molar-refractivity contribution is 6.35. The van der Waals surface area contributed by atoms with Gasteiger partial charge in [-0.3, -0.25) is 14.4 Å². The largest absolute Gasteiger partial charge is 0.468 e. The smallest absolute Gasteiger partial charge is 0.325 e. The van der Waals surface area contributed by atoms with Crippen LogP contribution in [0, 0.1) is 6.92 Å². The first kappa shape index (κ1) is 30.1. The Morgan fingerprint density at radius 1 is 0.951 bits per heavy atom. The zero-order valence-corrected chi connectivity index (χ0v) is 24.6. The molecule has 0 bridgehead atoms. The van der Waals surface area contributed by atoms with Crippen molar-refractivity contribution < 1.29 is 19.1 Å². The molecule has 0 aliphatic rings. The third-order valence-corrected chi connectivity index (χ3v) is 7.20. The summed E-state index contributed by atoms with van der Waals surface area (Å²) in [5, 5.41) is 11.3. The van der Waals surface area contributed by atoms with Crippen molar-refractivity contribution in [3.05, 3.63) is 105 Å². The van der Waals surface area contributed by atoms with Gasteiger partial charge in [0, 0.05) is 21.2 Å². The number of benzene rings is 3. The van der Waals surface area contributed by atoms with Gasteiger partial charge in [0.05, 0.1) is 23.5 Å². The van der Waals surface area contributed by atoms with E-state index in [9.17, 15) is 14.4 Å². The van der Waals surface area contributed by atoms with Gasteiger partial charge in [0.25, 0.3) is 5.91 Å². The number of nitrogens with zero attached hydrogens (tertiary/aromatic N) is 2. The summed E-state index contributed by atoms with van der Waals surface area (Å²) in [5.74, 6) is -1.68. The van der Waals surface area contributed by atoms with Gasteiger partial charge in [-0.1, -0.05) is 77.3 Å². The lowest BCUT2D eigenvalue weighted by Gasteiger charge is -2.18. The van der Waals surface area contributed by atoms with Crippen LogP contribution < -0.4 is 10.6 Å². The van der Waals surface area contributed by atoms with Crippen molar-refractivity contribution in [3.63, 3.8) is 0 Å². The number of methoxy groups -OCH3 is 1. The molecular weight excluding hydrogens is 587 g/mol. The summed E-state index contributed by atoms with van der Waals surface area (Å²) in [6.45, 7) is 1.44. The van der Waals surface area contributed by atoms with Crippen molar-refractivity contribution in [2.24, 2.45) is 0 Å². The number of carbonyl (C=O) groups excluding carboxylic acids is 3. The van der Waals surface area contributed by atoms with Crippen LogP contribution in [0.5, 0.6) is 0 Å². The molecule has 0 radical (unpaired) electrons. The predicted molar refractivity (Wildman–Crippen MR) is 160 cm³/mol. The maximum atomic E-state index is 13.7. The molecule has 1 atom stereocenters. The van der Waals surface area contributed by atoms with Crippen LogP contribution in [-0.2, 0) is 20.7 Å². The number of hydrogen-bond acceptors (Lipinski definition) is 5. The van der Waals surface area contributed by atoms with Crippen LogP contribution in [0.3, 0.4) is 0 Å². The number of halogens is 3. The molecule has 0 fully saturated rings. The summed E-state index contributed by atoms with van der Waals surface area (Å²) in [4.78, 5) is 38.4. The van der Waals surface area contributed by atoms with E-state index in [-0.39, 0.29) is 18.7 Å². The average molecular weight is 614 g/mol. The first-order valence-corrected chi connectivity index (χ1v) is 13.8. The Labute approximate surface area is 252 Å². The topological polar surface area (TPSA) is 102 Å². The van der Waals surface area contributed by atoms with E-state index >= 15 is 0 Å². The Balaban J connectivity index is 1.69. The monoisotopic (exact) mass is 612 g/mol. The lowest BCUT2D eigenvalue weighted by atomic mass is 10.0. The first-order chi connectivity index (χ1) is 19.7. The molecule has 212 valence electrons. The minimum atomic E-state index is -0.949. The van der Waals surface area contributed by atoms with E-state index in [1.54, 1.807) is 41.9 Å². The van der Waals surface area contributed by atoms with E-state index in [1.807, 2.05) is 42.5 Å². The molecule has 11 heteroatoms. The summed E-state index contributed by atoms with van der Waals surface area (Å²) in [6, 6.07) is 20.7. The Morgan fingerprint density at radius 3 is 2.29 bits per heavy atom. The first-order valence-electron chi connectivity index (χ1n) is 12.7. The molecule has 4 aromatic rings.